The number of hydrazine groups is 1. The Hall–Kier alpha value is -1.35. The van der Waals surface area contributed by atoms with Crippen LogP contribution in [0.25, 0.3) is 0 Å². The maximum atomic E-state index is 11.6. The minimum Gasteiger partial charge on any atom is -0.273 e. The highest BCUT2D eigenvalue weighted by atomic mass is 16.2. The summed E-state index contributed by atoms with van der Waals surface area (Å²) in [6.45, 7) is 4.19. The maximum Gasteiger partial charge on any atom is 0.241 e. The summed E-state index contributed by atoms with van der Waals surface area (Å²) in [5.74, 6) is 6.20. The molecule has 1 amide bonds. The summed E-state index contributed by atoms with van der Waals surface area (Å²) in [4.78, 5) is 11.6. The highest BCUT2D eigenvalue weighted by molar-refractivity contribution is 5.91. The number of carbonyl (C=O) groups is 1. The molecule has 0 radical (unpaired) electrons. The monoisotopic (exact) mass is 206 g/mol. The van der Waals surface area contributed by atoms with Crippen LogP contribution in [0.1, 0.15) is 26.7 Å². The van der Waals surface area contributed by atoms with Crippen molar-refractivity contribution in [2.75, 3.05) is 5.01 Å². The predicted molar refractivity (Wildman–Crippen MR) is 62.2 cm³/mol. The molecule has 3 nitrogen and oxygen atoms in total. The van der Waals surface area contributed by atoms with Gasteiger partial charge in [0.2, 0.25) is 5.91 Å². The molecule has 1 aromatic rings. The minimum absolute atomic E-state index is 0.0325. The van der Waals surface area contributed by atoms with Crippen molar-refractivity contribution in [1.29, 1.82) is 0 Å². The molecular weight excluding hydrogens is 188 g/mol. The molecule has 0 aromatic heterocycles. The second-order valence-electron chi connectivity index (χ2n) is 4.03. The first kappa shape index (κ1) is 11.7. The molecule has 0 bridgehead atoms. The Kier molecular flexibility index (Phi) is 4.31. The first-order chi connectivity index (χ1) is 7.11. The van der Waals surface area contributed by atoms with Gasteiger partial charge in [-0.05, 0) is 24.5 Å². The summed E-state index contributed by atoms with van der Waals surface area (Å²) in [6.07, 6.45) is 1.38. The van der Waals surface area contributed by atoms with Crippen LogP contribution in [0.4, 0.5) is 5.69 Å². The average molecular weight is 206 g/mol. The molecule has 1 rings (SSSR count). The minimum atomic E-state index is -0.0325. The van der Waals surface area contributed by atoms with Gasteiger partial charge < -0.3 is 0 Å². The van der Waals surface area contributed by atoms with Crippen molar-refractivity contribution in [3.05, 3.63) is 30.3 Å². The molecule has 0 saturated heterocycles. The fourth-order valence-corrected chi connectivity index (χ4v) is 1.27. The number of hydrogen-bond acceptors (Lipinski definition) is 2. The topological polar surface area (TPSA) is 46.3 Å². The smallest absolute Gasteiger partial charge is 0.241 e. The summed E-state index contributed by atoms with van der Waals surface area (Å²) in [7, 11) is 0. The lowest BCUT2D eigenvalue weighted by molar-refractivity contribution is -0.118. The third-order valence-electron chi connectivity index (χ3n) is 2.24. The van der Waals surface area contributed by atoms with Gasteiger partial charge in [-0.25, -0.2) is 10.9 Å². The van der Waals surface area contributed by atoms with Gasteiger partial charge in [-0.3, -0.25) is 4.79 Å². The lowest BCUT2D eigenvalue weighted by Crippen LogP contribution is -2.37. The van der Waals surface area contributed by atoms with Gasteiger partial charge in [-0.15, -0.1) is 0 Å². The Bertz CT molecular complexity index is 309. The average Bonchev–Trinajstić information content (AvgIpc) is 2.26. The highest BCUT2D eigenvalue weighted by Gasteiger charge is 2.11. The molecule has 0 heterocycles. The molecular formula is C12H18N2O. The molecule has 0 aliphatic carbocycles. The first-order valence-electron chi connectivity index (χ1n) is 5.24. The molecule has 2 N–H and O–H groups in total. The predicted octanol–water partition coefficient (Wildman–Crippen LogP) is 2.33. The molecule has 0 saturated carbocycles. The fraction of sp³-hybridized carbons (Fsp3) is 0.417. The van der Waals surface area contributed by atoms with Crippen LogP contribution in [0, 0.1) is 5.92 Å². The summed E-state index contributed by atoms with van der Waals surface area (Å²) in [5.41, 5.74) is 0.742. The Labute approximate surface area is 90.9 Å². The fourth-order valence-electron chi connectivity index (χ4n) is 1.27. The normalized spacial score (nSPS) is 10.4. The largest absolute Gasteiger partial charge is 0.273 e. The quantitative estimate of drug-likeness (QED) is 0.467. The Morgan fingerprint density at radius 2 is 1.93 bits per heavy atom. The summed E-state index contributed by atoms with van der Waals surface area (Å²) >= 11 is 0. The lowest BCUT2D eigenvalue weighted by Gasteiger charge is -2.16. The van der Waals surface area contributed by atoms with Crippen LogP contribution in [0.2, 0.25) is 0 Å². The molecule has 0 fully saturated rings. The third kappa shape index (κ3) is 3.72. The zero-order chi connectivity index (χ0) is 11.3. The van der Waals surface area contributed by atoms with E-state index < -0.39 is 0 Å². The van der Waals surface area contributed by atoms with E-state index in [1.54, 1.807) is 0 Å². The van der Waals surface area contributed by atoms with Gasteiger partial charge in [0.25, 0.3) is 0 Å². The zero-order valence-corrected chi connectivity index (χ0v) is 9.31. The Morgan fingerprint density at radius 3 is 2.47 bits per heavy atom. The summed E-state index contributed by atoms with van der Waals surface area (Å²) in [6, 6.07) is 9.28. The zero-order valence-electron chi connectivity index (χ0n) is 9.31. The first-order valence-corrected chi connectivity index (χ1v) is 5.24. The van der Waals surface area contributed by atoms with Gasteiger partial charge in [-0.2, -0.15) is 0 Å². The van der Waals surface area contributed by atoms with Crippen molar-refractivity contribution in [3.8, 4) is 0 Å². The maximum absolute atomic E-state index is 11.6. The SMILES string of the molecule is CC(C)CCC(=O)N(N)c1ccccc1. The molecule has 82 valence electrons. The molecule has 15 heavy (non-hydrogen) atoms. The number of benzene rings is 1. The van der Waals surface area contributed by atoms with E-state index in [4.69, 9.17) is 5.84 Å². The van der Waals surface area contributed by atoms with E-state index in [1.165, 1.54) is 5.01 Å². The van der Waals surface area contributed by atoms with E-state index in [9.17, 15) is 4.79 Å². The van der Waals surface area contributed by atoms with Gasteiger partial charge in [0.1, 0.15) is 0 Å². The van der Waals surface area contributed by atoms with Crippen molar-refractivity contribution in [2.45, 2.75) is 26.7 Å². The number of carbonyl (C=O) groups excluding carboxylic acids is 1. The second-order valence-corrected chi connectivity index (χ2v) is 4.03. The second kappa shape index (κ2) is 5.51. The number of amides is 1. The number of rotatable bonds is 4. The van der Waals surface area contributed by atoms with Crippen LogP contribution in [0.15, 0.2) is 30.3 Å². The van der Waals surface area contributed by atoms with Crippen LogP contribution in [-0.4, -0.2) is 5.91 Å². The molecule has 0 atom stereocenters. The van der Waals surface area contributed by atoms with E-state index in [0.29, 0.717) is 12.3 Å². The number of para-hydroxylation sites is 1. The molecule has 1 aromatic carbocycles. The highest BCUT2D eigenvalue weighted by Crippen LogP contribution is 2.12. The molecule has 0 aliphatic rings. The standard InChI is InChI=1S/C12H18N2O/c1-10(2)8-9-12(15)14(13)11-6-4-3-5-7-11/h3-7,10H,8-9,13H2,1-2H3. The van der Waals surface area contributed by atoms with Gasteiger partial charge in [0.15, 0.2) is 0 Å². The Balaban J connectivity index is 2.54. The van der Waals surface area contributed by atoms with Crippen molar-refractivity contribution in [2.24, 2.45) is 11.8 Å². The van der Waals surface area contributed by atoms with Crippen LogP contribution >= 0.6 is 0 Å². The van der Waals surface area contributed by atoms with Gasteiger partial charge in [-0.1, -0.05) is 32.0 Å². The third-order valence-corrected chi connectivity index (χ3v) is 2.24. The van der Waals surface area contributed by atoms with E-state index >= 15 is 0 Å². The van der Waals surface area contributed by atoms with E-state index in [-0.39, 0.29) is 5.91 Å². The van der Waals surface area contributed by atoms with E-state index in [0.717, 1.165) is 12.1 Å². The summed E-state index contributed by atoms with van der Waals surface area (Å²) < 4.78 is 0. The number of anilines is 1. The van der Waals surface area contributed by atoms with Crippen LogP contribution in [-0.2, 0) is 4.79 Å². The van der Waals surface area contributed by atoms with Gasteiger partial charge in [0, 0.05) is 6.42 Å². The van der Waals surface area contributed by atoms with Crippen molar-refractivity contribution >= 4 is 11.6 Å². The van der Waals surface area contributed by atoms with Crippen LogP contribution in [0.5, 0.6) is 0 Å². The van der Waals surface area contributed by atoms with Crippen LogP contribution in [0.3, 0.4) is 0 Å². The van der Waals surface area contributed by atoms with Crippen molar-refractivity contribution in [1.82, 2.24) is 0 Å². The number of nitrogens with two attached hydrogens (primary N) is 1. The van der Waals surface area contributed by atoms with Gasteiger partial charge >= 0.3 is 0 Å². The summed E-state index contributed by atoms with van der Waals surface area (Å²) in [5, 5.41) is 1.22. The van der Waals surface area contributed by atoms with E-state index in [1.807, 2.05) is 30.3 Å². The molecule has 0 spiro atoms. The number of nitrogens with zero attached hydrogens (tertiary/aromatic N) is 1. The lowest BCUT2D eigenvalue weighted by atomic mass is 10.1. The molecule has 3 heteroatoms. The Morgan fingerprint density at radius 1 is 1.33 bits per heavy atom. The van der Waals surface area contributed by atoms with Crippen molar-refractivity contribution < 1.29 is 4.79 Å². The number of hydrogen-bond donors (Lipinski definition) is 1. The molecule has 0 unspecified atom stereocenters. The molecule has 0 aliphatic heterocycles. The van der Waals surface area contributed by atoms with Gasteiger partial charge in [0.05, 0.1) is 5.69 Å². The van der Waals surface area contributed by atoms with Crippen molar-refractivity contribution in [3.63, 3.8) is 0 Å². The van der Waals surface area contributed by atoms with E-state index in [2.05, 4.69) is 13.8 Å². The van der Waals surface area contributed by atoms with Crippen LogP contribution < -0.4 is 10.9 Å².